The molecule has 0 radical (unpaired) electrons. The van der Waals surface area contributed by atoms with Crippen molar-refractivity contribution in [2.75, 3.05) is 12.3 Å². The van der Waals surface area contributed by atoms with Gasteiger partial charge in [-0.1, -0.05) is 29.6 Å². The highest BCUT2D eigenvalue weighted by Crippen LogP contribution is 2.32. The van der Waals surface area contributed by atoms with Gasteiger partial charge in [-0.25, -0.2) is 13.1 Å². The number of nitrogens with two attached hydrogens (primary N) is 1. The van der Waals surface area contributed by atoms with Crippen molar-refractivity contribution >= 4 is 38.9 Å². The fourth-order valence-corrected chi connectivity index (χ4v) is 4.18. The lowest BCUT2D eigenvalue weighted by molar-refractivity contribution is 0.316. The standard InChI is InChI=1S/C11H14Cl2N2O2S/c12-9-4-8(14)5-10(13)11(9)18(16,17)15-6-7-2-1-3-7/h4-5,7,15H,1-3,6,14H2. The zero-order chi connectivity index (χ0) is 13.3. The van der Waals surface area contributed by atoms with Crippen LogP contribution in [-0.2, 0) is 10.0 Å². The number of benzene rings is 1. The average molecular weight is 309 g/mol. The summed E-state index contributed by atoms with van der Waals surface area (Å²) in [6.07, 6.45) is 3.28. The zero-order valence-electron chi connectivity index (χ0n) is 9.62. The third-order valence-electron chi connectivity index (χ3n) is 3.08. The predicted molar refractivity (Wildman–Crippen MR) is 73.4 cm³/mol. The van der Waals surface area contributed by atoms with Gasteiger partial charge in [-0.2, -0.15) is 0 Å². The molecule has 7 heteroatoms. The van der Waals surface area contributed by atoms with Gasteiger partial charge in [0, 0.05) is 12.2 Å². The van der Waals surface area contributed by atoms with Gasteiger partial charge < -0.3 is 5.73 Å². The smallest absolute Gasteiger partial charge is 0.243 e. The van der Waals surface area contributed by atoms with Crippen molar-refractivity contribution in [2.45, 2.75) is 24.2 Å². The lowest BCUT2D eigenvalue weighted by Gasteiger charge is -2.25. The second-order valence-electron chi connectivity index (χ2n) is 4.46. The molecule has 1 aliphatic carbocycles. The highest BCUT2D eigenvalue weighted by molar-refractivity contribution is 7.89. The first-order valence-corrected chi connectivity index (χ1v) is 7.88. The molecule has 100 valence electrons. The van der Waals surface area contributed by atoms with Crippen LogP contribution in [0.1, 0.15) is 19.3 Å². The Morgan fingerprint density at radius 1 is 1.28 bits per heavy atom. The van der Waals surface area contributed by atoms with Crippen LogP contribution in [-0.4, -0.2) is 15.0 Å². The first kappa shape index (κ1) is 13.9. The summed E-state index contributed by atoms with van der Waals surface area (Å²) in [4.78, 5) is -0.0978. The third kappa shape index (κ3) is 2.91. The molecule has 0 saturated heterocycles. The van der Waals surface area contributed by atoms with E-state index in [1.807, 2.05) is 0 Å². The van der Waals surface area contributed by atoms with Gasteiger partial charge in [0.15, 0.2) is 0 Å². The van der Waals surface area contributed by atoms with Gasteiger partial charge in [0.1, 0.15) is 4.90 Å². The number of anilines is 1. The van der Waals surface area contributed by atoms with Crippen LogP contribution in [0, 0.1) is 5.92 Å². The monoisotopic (exact) mass is 308 g/mol. The molecule has 0 spiro atoms. The lowest BCUT2D eigenvalue weighted by atomic mass is 9.86. The summed E-state index contributed by atoms with van der Waals surface area (Å²) in [5.41, 5.74) is 5.88. The van der Waals surface area contributed by atoms with Gasteiger partial charge in [0.05, 0.1) is 10.0 Å². The van der Waals surface area contributed by atoms with Crippen LogP contribution in [0.2, 0.25) is 10.0 Å². The van der Waals surface area contributed by atoms with E-state index in [1.165, 1.54) is 12.1 Å². The lowest BCUT2D eigenvalue weighted by Crippen LogP contribution is -2.32. The zero-order valence-corrected chi connectivity index (χ0v) is 11.9. The molecule has 0 heterocycles. The van der Waals surface area contributed by atoms with E-state index in [-0.39, 0.29) is 14.9 Å². The Bertz CT molecular complexity index is 533. The Balaban J connectivity index is 2.23. The van der Waals surface area contributed by atoms with Crippen molar-refractivity contribution in [3.63, 3.8) is 0 Å². The van der Waals surface area contributed by atoms with Crippen molar-refractivity contribution in [3.8, 4) is 0 Å². The Hall–Kier alpha value is -0.490. The van der Waals surface area contributed by atoms with Crippen molar-refractivity contribution < 1.29 is 8.42 Å². The molecule has 1 aromatic rings. The molecule has 1 aromatic carbocycles. The molecule has 0 unspecified atom stereocenters. The topological polar surface area (TPSA) is 72.2 Å². The van der Waals surface area contributed by atoms with Crippen molar-refractivity contribution in [1.29, 1.82) is 0 Å². The van der Waals surface area contributed by atoms with Gasteiger partial charge in [0.25, 0.3) is 0 Å². The third-order valence-corrected chi connectivity index (χ3v) is 5.42. The van der Waals surface area contributed by atoms with Crippen LogP contribution in [0.3, 0.4) is 0 Å². The van der Waals surface area contributed by atoms with E-state index < -0.39 is 10.0 Å². The van der Waals surface area contributed by atoms with E-state index in [0.717, 1.165) is 19.3 Å². The number of hydrogen-bond acceptors (Lipinski definition) is 3. The highest BCUT2D eigenvalue weighted by atomic mass is 35.5. The molecule has 0 bridgehead atoms. The fraction of sp³-hybridized carbons (Fsp3) is 0.455. The molecule has 1 saturated carbocycles. The SMILES string of the molecule is Nc1cc(Cl)c(S(=O)(=O)NCC2CCC2)c(Cl)c1. The predicted octanol–water partition coefficient (Wildman–Crippen LogP) is 2.65. The molecule has 1 aliphatic rings. The maximum absolute atomic E-state index is 12.1. The Morgan fingerprint density at radius 3 is 2.28 bits per heavy atom. The normalized spacial score (nSPS) is 16.6. The molecule has 3 N–H and O–H groups in total. The van der Waals surface area contributed by atoms with Crippen LogP contribution in [0.5, 0.6) is 0 Å². The van der Waals surface area contributed by atoms with Crippen LogP contribution in [0.15, 0.2) is 17.0 Å². The largest absolute Gasteiger partial charge is 0.399 e. The minimum atomic E-state index is -3.68. The first-order chi connectivity index (χ1) is 8.40. The molecule has 0 aromatic heterocycles. The Labute approximate surface area is 117 Å². The molecule has 4 nitrogen and oxygen atoms in total. The minimum Gasteiger partial charge on any atom is -0.399 e. The fourth-order valence-electron chi connectivity index (χ4n) is 1.83. The maximum atomic E-state index is 12.1. The number of halogens is 2. The average Bonchev–Trinajstić information content (AvgIpc) is 2.11. The quantitative estimate of drug-likeness (QED) is 0.840. The first-order valence-electron chi connectivity index (χ1n) is 5.64. The van der Waals surface area contributed by atoms with Crippen LogP contribution >= 0.6 is 23.2 Å². The van der Waals surface area contributed by atoms with Gasteiger partial charge in [0.2, 0.25) is 10.0 Å². The van der Waals surface area contributed by atoms with E-state index in [9.17, 15) is 8.42 Å². The van der Waals surface area contributed by atoms with Crippen molar-refractivity contribution in [3.05, 3.63) is 22.2 Å². The Morgan fingerprint density at radius 2 is 1.83 bits per heavy atom. The minimum absolute atomic E-state index is 0.0427. The molecular formula is C11H14Cl2N2O2S. The summed E-state index contributed by atoms with van der Waals surface area (Å²) in [7, 11) is -3.68. The van der Waals surface area contributed by atoms with Gasteiger partial charge in [-0.05, 0) is 30.9 Å². The Kier molecular flexibility index (Phi) is 4.06. The maximum Gasteiger partial charge on any atom is 0.243 e. The molecule has 0 amide bonds. The summed E-state index contributed by atoms with van der Waals surface area (Å²) in [5.74, 6) is 0.422. The summed E-state index contributed by atoms with van der Waals surface area (Å²) in [5, 5.41) is 0.0854. The van der Waals surface area contributed by atoms with E-state index in [4.69, 9.17) is 28.9 Å². The van der Waals surface area contributed by atoms with E-state index >= 15 is 0 Å². The highest BCUT2D eigenvalue weighted by Gasteiger charge is 2.25. The number of sulfonamides is 1. The number of hydrogen-bond donors (Lipinski definition) is 2. The van der Waals surface area contributed by atoms with E-state index in [0.29, 0.717) is 18.2 Å². The van der Waals surface area contributed by atoms with Crippen molar-refractivity contribution in [2.24, 2.45) is 5.92 Å². The molecule has 18 heavy (non-hydrogen) atoms. The van der Waals surface area contributed by atoms with Gasteiger partial charge >= 0.3 is 0 Å². The van der Waals surface area contributed by atoms with Gasteiger partial charge in [-0.3, -0.25) is 0 Å². The summed E-state index contributed by atoms with van der Waals surface area (Å²) in [6, 6.07) is 2.76. The number of nitrogen functional groups attached to an aromatic ring is 1. The second-order valence-corrected chi connectivity index (χ2v) is 6.98. The van der Waals surface area contributed by atoms with E-state index in [1.54, 1.807) is 0 Å². The number of rotatable bonds is 4. The molecule has 2 rings (SSSR count). The van der Waals surface area contributed by atoms with Crippen LogP contribution in [0.25, 0.3) is 0 Å². The molecule has 1 fully saturated rings. The van der Waals surface area contributed by atoms with Crippen molar-refractivity contribution in [1.82, 2.24) is 4.72 Å². The van der Waals surface area contributed by atoms with E-state index in [2.05, 4.69) is 4.72 Å². The summed E-state index contributed by atoms with van der Waals surface area (Å²) in [6.45, 7) is 0.430. The van der Waals surface area contributed by atoms with Crippen LogP contribution < -0.4 is 10.5 Å². The second kappa shape index (κ2) is 5.25. The number of nitrogens with one attached hydrogen (secondary N) is 1. The van der Waals surface area contributed by atoms with Crippen LogP contribution in [0.4, 0.5) is 5.69 Å². The summed E-state index contributed by atoms with van der Waals surface area (Å²) >= 11 is 11.8. The molecule has 0 aliphatic heterocycles. The summed E-state index contributed by atoms with van der Waals surface area (Å²) < 4.78 is 26.8. The van der Waals surface area contributed by atoms with Gasteiger partial charge in [-0.15, -0.1) is 0 Å². The molecular weight excluding hydrogens is 295 g/mol. The molecule has 0 atom stereocenters.